The third kappa shape index (κ3) is 3.46. The zero-order valence-electron chi connectivity index (χ0n) is 8.74. The Labute approximate surface area is 104 Å². The molecule has 88 valence electrons. The second-order valence-corrected chi connectivity index (χ2v) is 3.10. The molecular formula is C12H10ClNO3. The van der Waals surface area contributed by atoms with Gasteiger partial charge in [0, 0.05) is 12.3 Å². The number of hydrogen-bond acceptors (Lipinski definition) is 3. The smallest absolute Gasteiger partial charge is 0.354 e. The molecule has 0 saturated carbocycles. The van der Waals surface area contributed by atoms with E-state index in [2.05, 4.69) is 4.98 Å². The zero-order chi connectivity index (χ0) is 11.4. The molecule has 0 amide bonds. The molecule has 1 heterocycles. The highest BCUT2D eigenvalue weighted by atomic mass is 35.5. The summed E-state index contributed by atoms with van der Waals surface area (Å²) in [6, 6.07) is 12.1. The molecule has 4 nitrogen and oxygen atoms in total. The summed E-state index contributed by atoms with van der Waals surface area (Å²) in [6.07, 6.45) is 1.40. The molecule has 2 aromatic rings. The molecule has 0 aliphatic carbocycles. The van der Waals surface area contributed by atoms with E-state index in [1.807, 2.05) is 18.2 Å². The SMILES string of the molecule is Cl.O=C(O)c1cc(Oc2ccccc2)ccn1. The highest BCUT2D eigenvalue weighted by molar-refractivity contribution is 5.85. The van der Waals surface area contributed by atoms with E-state index in [4.69, 9.17) is 9.84 Å². The van der Waals surface area contributed by atoms with Crippen molar-refractivity contribution >= 4 is 18.4 Å². The van der Waals surface area contributed by atoms with Crippen LogP contribution >= 0.6 is 12.4 Å². The number of hydrogen-bond donors (Lipinski definition) is 1. The van der Waals surface area contributed by atoms with Gasteiger partial charge in [-0.25, -0.2) is 9.78 Å². The van der Waals surface area contributed by atoms with Crippen LogP contribution in [0.25, 0.3) is 0 Å². The van der Waals surface area contributed by atoms with Gasteiger partial charge in [0.25, 0.3) is 0 Å². The highest BCUT2D eigenvalue weighted by Gasteiger charge is 2.05. The van der Waals surface area contributed by atoms with Crippen LogP contribution < -0.4 is 4.74 Å². The zero-order valence-corrected chi connectivity index (χ0v) is 9.55. The number of carbonyl (C=O) groups is 1. The van der Waals surface area contributed by atoms with Crippen LogP contribution in [-0.4, -0.2) is 16.1 Å². The second kappa shape index (κ2) is 5.86. The van der Waals surface area contributed by atoms with E-state index in [9.17, 15) is 4.79 Å². The number of pyridine rings is 1. The molecular weight excluding hydrogens is 242 g/mol. The average molecular weight is 252 g/mol. The van der Waals surface area contributed by atoms with E-state index in [1.165, 1.54) is 12.3 Å². The Hall–Kier alpha value is -2.07. The minimum atomic E-state index is -1.07. The molecule has 2 rings (SSSR count). The molecule has 5 heteroatoms. The minimum absolute atomic E-state index is 0. The Balaban J connectivity index is 0.00000144. The van der Waals surface area contributed by atoms with E-state index < -0.39 is 5.97 Å². The van der Waals surface area contributed by atoms with Crippen LogP contribution in [0.5, 0.6) is 11.5 Å². The van der Waals surface area contributed by atoms with Gasteiger partial charge in [-0.1, -0.05) is 18.2 Å². The predicted molar refractivity (Wildman–Crippen MR) is 65.0 cm³/mol. The minimum Gasteiger partial charge on any atom is -0.477 e. The van der Waals surface area contributed by atoms with Crippen molar-refractivity contribution < 1.29 is 14.6 Å². The predicted octanol–water partition coefficient (Wildman–Crippen LogP) is 2.99. The molecule has 0 atom stereocenters. The maximum atomic E-state index is 10.7. The summed E-state index contributed by atoms with van der Waals surface area (Å²) in [6.45, 7) is 0. The van der Waals surface area contributed by atoms with Gasteiger partial charge in [-0.3, -0.25) is 0 Å². The second-order valence-electron chi connectivity index (χ2n) is 3.10. The molecule has 1 aromatic heterocycles. The monoisotopic (exact) mass is 251 g/mol. The number of nitrogens with zero attached hydrogens (tertiary/aromatic N) is 1. The number of aromatic nitrogens is 1. The Morgan fingerprint density at radius 2 is 1.82 bits per heavy atom. The number of benzene rings is 1. The van der Waals surface area contributed by atoms with E-state index >= 15 is 0 Å². The van der Waals surface area contributed by atoms with Gasteiger partial charge in [0.05, 0.1) is 0 Å². The van der Waals surface area contributed by atoms with Crippen molar-refractivity contribution in [2.45, 2.75) is 0 Å². The number of para-hydroxylation sites is 1. The summed E-state index contributed by atoms with van der Waals surface area (Å²) in [7, 11) is 0. The largest absolute Gasteiger partial charge is 0.477 e. The summed E-state index contributed by atoms with van der Waals surface area (Å²) in [5, 5.41) is 8.76. The van der Waals surface area contributed by atoms with Gasteiger partial charge in [-0.05, 0) is 18.2 Å². The molecule has 0 unspecified atom stereocenters. The number of rotatable bonds is 3. The van der Waals surface area contributed by atoms with Crippen molar-refractivity contribution in [1.29, 1.82) is 0 Å². The Bertz CT molecular complexity index is 502. The van der Waals surface area contributed by atoms with Crippen molar-refractivity contribution in [3.63, 3.8) is 0 Å². The van der Waals surface area contributed by atoms with Crippen LogP contribution in [-0.2, 0) is 0 Å². The molecule has 0 fully saturated rings. The summed E-state index contributed by atoms with van der Waals surface area (Å²) in [5.41, 5.74) is -0.0339. The van der Waals surface area contributed by atoms with Gasteiger partial charge in [0.2, 0.25) is 0 Å². The van der Waals surface area contributed by atoms with Crippen LogP contribution in [0.2, 0.25) is 0 Å². The van der Waals surface area contributed by atoms with Gasteiger partial charge < -0.3 is 9.84 Å². The first-order chi connectivity index (χ1) is 7.75. The van der Waals surface area contributed by atoms with Crippen LogP contribution in [0.4, 0.5) is 0 Å². The van der Waals surface area contributed by atoms with Gasteiger partial charge in [-0.2, -0.15) is 0 Å². The topological polar surface area (TPSA) is 59.4 Å². The molecule has 0 saturated heterocycles. The third-order valence-electron chi connectivity index (χ3n) is 1.93. The van der Waals surface area contributed by atoms with Gasteiger partial charge >= 0.3 is 5.97 Å². The fraction of sp³-hybridized carbons (Fsp3) is 0. The first kappa shape index (κ1) is 13.0. The van der Waals surface area contributed by atoms with Crippen molar-refractivity contribution in [2.24, 2.45) is 0 Å². The quantitative estimate of drug-likeness (QED) is 0.911. The number of carboxylic acid groups (broad SMARTS) is 1. The lowest BCUT2D eigenvalue weighted by atomic mass is 10.3. The van der Waals surface area contributed by atoms with Crippen molar-refractivity contribution in [1.82, 2.24) is 4.98 Å². The normalized spacial score (nSPS) is 9.18. The number of ether oxygens (including phenoxy) is 1. The molecule has 0 bridgehead atoms. The van der Waals surface area contributed by atoms with E-state index in [0.29, 0.717) is 11.5 Å². The summed E-state index contributed by atoms with van der Waals surface area (Å²) in [5.74, 6) is 0.0437. The van der Waals surface area contributed by atoms with Gasteiger partial charge in [0.15, 0.2) is 5.69 Å². The lowest BCUT2D eigenvalue weighted by Crippen LogP contribution is -1.99. The van der Waals surface area contributed by atoms with Crippen molar-refractivity contribution in [3.05, 3.63) is 54.4 Å². The first-order valence-corrected chi connectivity index (χ1v) is 4.68. The average Bonchev–Trinajstić information content (AvgIpc) is 2.30. The Morgan fingerprint density at radius 3 is 2.47 bits per heavy atom. The number of halogens is 1. The molecule has 1 N–H and O–H groups in total. The maximum absolute atomic E-state index is 10.7. The van der Waals surface area contributed by atoms with Crippen LogP contribution in [0.1, 0.15) is 10.5 Å². The van der Waals surface area contributed by atoms with E-state index in [0.717, 1.165) is 0 Å². The molecule has 0 spiro atoms. The molecule has 0 aliphatic heterocycles. The third-order valence-corrected chi connectivity index (χ3v) is 1.93. The van der Waals surface area contributed by atoms with Crippen molar-refractivity contribution in [3.8, 4) is 11.5 Å². The van der Waals surface area contributed by atoms with Gasteiger partial charge in [0.1, 0.15) is 11.5 Å². The standard InChI is InChI=1S/C12H9NO3.ClH/c14-12(15)11-8-10(6-7-13-11)16-9-4-2-1-3-5-9;/h1-8H,(H,14,15);1H. The highest BCUT2D eigenvalue weighted by Crippen LogP contribution is 2.20. The van der Waals surface area contributed by atoms with Crippen LogP contribution in [0, 0.1) is 0 Å². The summed E-state index contributed by atoms with van der Waals surface area (Å²) < 4.78 is 5.47. The molecule has 1 aromatic carbocycles. The van der Waals surface area contributed by atoms with Crippen molar-refractivity contribution in [2.75, 3.05) is 0 Å². The summed E-state index contributed by atoms with van der Waals surface area (Å²) >= 11 is 0. The van der Waals surface area contributed by atoms with Gasteiger partial charge in [-0.15, -0.1) is 12.4 Å². The number of carboxylic acids is 1. The fourth-order valence-corrected chi connectivity index (χ4v) is 1.22. The Morgan fingerprint density at radius 1 is 1.12 bits per heavy atom. The lowest BCUT2D eigenvalue weighted by Gasteiger charge is -2.05. The number of aromatic carboxylic acids is 1. The van der Waals surface area contributed by atoms with E-state index in [-0.39, 0.29) is 18.1 Å². The summed E-state index contributed by atoms with van der Waals surface area (Å²) in [4.78, 5) is 14.4. The molecule has 0 aliphatic rings. The Kier molecular flexibility index (Phi) is 4.48. The van der Waals surface area contributed by atoms with Crippen LogP contribution in [0.15, 0.2) is 48.7 Å². The molecule has 0 radical (unpaired) electrons. The van der Waals surface area contributed by atoms with E-state index in [1.54, 1.807) is 18.2 Å². The first-order valence-electron chi connectivity index (χ1n) is 4.68. The fourth-order valence-electron chi connectivity index (χ4n) is 1.22. The lowest BCUT2D eigenvalue weighted by molar-refractivity contribution is 0.0690. The maximum Gasteiger partial charge on any atom is 0.354 e. The molecule has 17 heavy (non-hydrogen) atoms. The van der Waals surface area contributed by atoms with Crippen LogP contribution in [0.3, 0.4) is 0 Å².